The summed E-state index contributed by atoms with van der Waals surface area (Å²) in [6.07, 6.45) is -9.58. The average Bonchev–Trinajstić information content (AvgIpc) is 2.15. The van der Waals surface area contributed by atoms with Crippen molar-refractivity contribution in [2.24, 2.45) is 0 Å². The molecule has 0 saturated carbocycles. The molecule has 0 fully saturated rings. The average molecular weight is 308 g/mol. The van der Waals surface area contributed by atoms with E-state index in [1.807, 2.05) is 0 Å². The maximum absolute atomic E-state index is 12.4. The van der Waals surface area contributed by atoms with Gasteiger partial charge in [0.25, 0.3) is 0 Å². The van der Waals surface area contributed by atoms with Crippen LogP contribution in [0.1, 0.15) is 16.7 Å². The van der Waals surface area contributed by atoms with E-state index in [4.69, 9.17) is 0 Å². The van der Waals surface area contributed by atoms with E-state index in [-0.39, 0.29) is 36.7 Å². The van der Waals surface area contributed by atoms with E-state index in [2.05, 4.69) is 5.32 Å². The molecule has 1 aromatic carbocycles. The smallest absolute Gasteiger partial charge is 0.316 e. The molecule has 0 heterocycles. The van der Waals surface area contributed by atoms with Gasteiger partial charge in [0.2, 0.25) is 0 Å². The zero-order chi connectivity index (χ0) is 13.3. The van der Waals surface area contributed by atoms with Crippen LogP contribution < -0.4 is 5.32 Å². The van der Waals surface area contributed by atoms with Crippen molar-refractivity contribution in [3.63, 3.8) is 0 Å². The quantitative estimate of drug-likeness (QED) is 0.825. The van der Waals surface area contributed by atoms with Crippen molar-refractivity contribution in [2.75, 3.05) is 7.05 Å². The Morgan fingerprint density at radius 2 is 1.28 bits per heavy atom. The summed E-state index contributed by atoms with van der Waals surface area (Å²) in [5.74, 6) is 0. The summed E-state index contributed by atoms with van der Waals surface area (Å²) in [5.41, 5.74) is -2.65. The molecule has 0 aromatic heterocycles. The zero-order valence-corrected chi connectivity index (χ0v) is 10.6. The van der Waals surface area contributed by atoms with Gasteiger partial charge in [-0.3, -0.25) is 0 Å². The normalized spacial score (nSPS) is 12.2. The fraction of sp³-hybridized carbons (Fsp3) is 0.400. The maximum Gasteiger partial charge on any atom is 0.416 e. The van der Waals surface area contributed by atoms with Crippen LogP contribution in [0.5, 0.6) is 0 Å². The first-order valence-corrected chi connectivity index (χ1v) is 4.57. The fourth-order valence-electron chi connectivity index (χ4n) is 1.33. The molecule has 1 rings (SSSR count). The summed E-state index contributed by atoms with van der Waals surface area (Å²) >= 11 is 0. The Balaban J connectivity index is 0.00000289. The van der Waals surface area contributed by atoms with Crippen LogP contribution in [0.3, 0.4) is 0 Å². The van der Waals surface area contributed by atoms with Crippen LogP contribution in [-0.2, 0) is 37.5 Å². The van der Waals surface area contributed by atoms with Gasteiger partial charge < -0.3 is 5.32 Å². The molecule has 0 aliphatic heterocycles. The van der Waals surface area contributed by atoms with E-state index >= 15 is 0 Å². The Labute approximate surface area is 111 Å². The van der Waals surface area contributed by atoms with E-state index < -0.39 is 23.5 Å². The first-order chi connectivity index (χ1) is 7.64. The van der Waals surface area contributed by atoms with Crippen LogP contribution in [0, 0.1) is 0 Å². The zero-order valence-electron chi connectivity index (χ0n) is 9.15. The topological polar surface area (TPSA) is 12.0 Å². The number of hydrogen-bond acceptors (Lipinski definition) is 1. The van der Waals surface area contributed by atoms with Gasteiger partial charge in [-0.2, -0.15) is 26.3 Å². The minimum Gasteiger partial charge on any atom is -0.316 e. The van der Waals surface area contributed by atoms with Crippen molar-refractivity contribution in [2.45, 2.75) is 18.9 Å². The molecule has 0 atom stereocenters. The Morgan fingerprint density at radius 1 is 0.889 bits per heavy atom. The number of hydrogen-bond donors (Lipinski definition) is 1. The Morgan fingerprint density at radius 3 is 1.56 bits per heavy atom. The maximum atomic E-state index is 12.4. The molecule has 0 bridgehead atoms. The third kappa shape index (κ3) is 4.55. The van der Waals surface area contributed by atoms with Gasteiger partial charge in [0.05, 0.1) is 11.1 Å². The van der Waals surface area contributed by atoms with Crippen molar-refractivity contribution in [3.8, 4) is 0 Å². The van der Waals surface area contributed by atoms with Crippen LogP contribution in [0.2, 0.25) is 0 Å². The van der Waals surface area contributed by atoms with Gasteiger partial charge in [-0.05, 0) is 30.8 Å². The SMILES string of the molecule is CNCc1cc(C(F)(F)F)cc(C(F)(F)F)c1.[V]. The number of alkyl halides is 6. The Bertz CT molecular complexity index is 366. The van der Waals surface area contributed by atoms with Gasteiger partial charge in [-0.1, -0.05) is 0 Å². The van der Waals surface area contributed by atoms with Crippen LogP contribution in [0.25, 0.3) is 0 Å². The Kier molecular flexibility index (Phi) is 5.77. The predicted molar refractivity (Wildman–Crippen MR) is 49.2 cm³/mol. The molecule has 1 N–H and O–H groups in total. The van der Waals surface area contributed by atoms with E-state index in [1.54, 1.807) is 0 Å². The summed E-state index contributed by atoms with van der Waals surface area (Å²) in [6, 6.07) is 1.51. The van der Waals surface area contributed by atoms with Crippen LogP contribution in [-0.4, -0.2) is 7.05 Å². The van der Waals surface area contributed by atoms with Crippen molar-refractivity contribution < 1.29 is 44.9 Å². The van der Waals surface area contributed by atoms with Gasteiger partial charge in [0.15, 0.2) is 0 Å². The summed E-state index contributed by atoms with van der Waals surface area (Å²) in [6.45, 7) is -0.0625. The first-order valence-electron chi connectivity index (χ1n) is 4.57. The van der Waals surface area contributed by atoms with E-state index in [0.717, 1.165) is 0 Å². The van der Waals surface area contributed by atoms with Crippen LogP contribution in [0.15, 0.2) is 18.2 Å². The molecule has 18 heavy (non-hydrogen) atoms. The summed E-state index contributed by atoms with van der Waals surface area (Å²) in [7, 11) is 1.44. The standard InChI is InChI=1S/C10H9F6N.V/c1-17-5-6-2-7(9(11,12)13)4-8(3-6)10(14,15)16;/h2-4,17H,5H2,1H3;. The summed E-state index contributed by atoms with van der Waals surface area (Å²) < 4.78 is 74.3. The fourth-order valence-corrected chi connectivity index (χ4v) is 1.33. The largest absolute Gasteiger partial charge is 0.416 e. The van der Waals surface area contributed by atoms with Gasteiger partial charge >= 0.3 is 12.4 Å². The molecule has 1 radical (unpaired) electrons. The molecule has 0 spiro atoms. The van der Waals surface area contributed by atoms with Crippen molar-refractivity contribution in [1.29, 1.82) is 0 Å². The minimum atomic E-state index is -4.79. The molecule has 101 valence electrons. The van der Waals surface area contributed by atoms with Gasteiger partial charge in [-0.25, -0.2) is 0 Å². The van der Waals surface area contributed by atoms with Crippen LogP contribution >= 0.6 is 0 Å². The molecule has 0 saturated heterocycles. The van der Waals surface area contributed by atoms with Crippen LogP contribution in [0.4, 0.5) is 26.3 Å². The van der Waals surface area contributed by atoms with Gasteiger partial charge in [0, 0.05) is 25.1 Å². The second kappa shape index (κ2) is 5.99. The monoisotopic (exact) mass is 308 g/mol. The Hall–Kier alpha value is -0.656. The third-order valence-corrected chi connectivity index (χ3v) is 2.03. The molecule has 8 heteroatoms. The number of nitrogens with one attached hydrogen (secondary N) is 1. The van der Waals surface area contributed by atoms with Gasteiger partial charge in [0.1, 0.15) is 0 Å². The molecule has 0 unspecified atom stereocenters. The first kappa shape index (κ1) is 17.3. The van der Waals surface area contributed by atoms with Gasteiger partial charge in [-0.15, -0.1) is 0 Å². The predicted octanol–water partition coefficient (Wildman–Crippen LogP) is 3.44. The second-order valence-electron chi connectivity index (χ2n) is 3.44. The molecular weight excluding hydrogens is 299 g/mol. The number of benzene rings is 1. The molecule has 1 aromatic rings. The van der Waals surface area contributed by atoms with E-state index in [0.29, 0.717) is 12.1 Å². The minimum absolute atomic E-state index is 0. The number of rotatable bonds is 2. The summed E-state index contributed by atoms with van der Waals surface area (Å²) in [5, 5.41) is 2.51. The van der Waals surface area contributed by atoms with Crippen molar-refractivity contribution in [3.05, 3.63) is 34.9 Å². The summed E-state index contributed by atoms with van der Waals surface area (Å²) in [4.78, 5) is 0. The molecule has 0 amide bonds. The number of halogens is 6. The molecular formula is C10H9F6NV. The third-order valence-electron chi connectivity index (χ3n) is 2.03. The van der Waals surface area contributed by atoms with Crippen molar-refractivity contribution >= 4 is 0 Å². The van der Waals surface area contributed by atoms with E-state index in [1.165, 1.54) is 7.05 Å². The van der Waals surface area contributed by atoms with E-state index in [9.17, 15) is 26.3 Å². The molecule has 0 aliphatic carbocycles. The second-order valence-corrected chi connectivity index (χ2v) is 3.44. The molecule has 0 aliphatic rings. The van der Waals surface area contributed by atoms with Crippen molar-refractivity contribution in [1.82, 2.24) is 5.32 Å². The molecule has 1 nitrogen and oxygen atoms in total.